The van der Waals surface area contributed by atoms with Crippen LogP contribution < -0.4 is 0 Å². The molecule has 2 rings (SSSR count). The van der Waals surface area contributed by atoms with Crippen molar-refractivity contribution in [2.24, 2.45) is 0 Å². The minimum atomic E-state index is -0.00560. The fraction of sp³-hybridized carbons (Fsp3) is 0.143. The molecule has 4 nitrogen and oxygen atoms in total. The fourth-order valence-electron chi connectivity index (χ4n) is 0.866. The van der Waals surface area contributed by atoms with Crippen LogP contribution in [0.1, 0.15) is 16.2 Å². The second-order valence-electron chi connectivity index (χ2n) is 2.37. The predicted molar refractivity (Wildman–Crippen MR) is 50.1 cm³/mol. The van der Waals surface area contributed by atoms with Gasteiger partial charge in [-0.2, -0.15) is 0 Å². The quantitative estimate of drug-likeness (QED) is 0.720. The molecular formula is C7H5N3OS2. The van der Waals surface area contributed by atoms with Crippen molar-refractivity contribution < 1.29 is 4.79 Å². The summed E-state index contributed by atoms with van der Waals surface area (Å²) in [6.45, 7) is 0. The Kier molecular flexibility index (Phi) is 2.42. The first-order valence-electron chi connectivity index (χ1n) is 3.53. The SMILES string of the molecule is O=C(Cc1csnn1)c1cscn1. The molecule has 2 heterocycles. The highest BCUT2D eigenvalue weighted by molar-refractivity contribution is 7.07. The first-order valence-corrected chi connectivity index (χ1v) is 5.31. The number of nitrogens with zero attached hydrogens (tertiary/aromatic N) is 3. The summed E-state index contributed by atoms with van der Waals surface area (Å²) in [6, 6.07) is 0. The van der Waals surface area contributed by atoms with Crippen molar-refractivity contribution in [2.45, 2.75) is 6.42 Å². The van der Waals surface area contributed by atoms with Crippen LogP contribution in [0.3, 0.4) is 0 Å². The van der Waals surface area contributed by atoms with Gasteiger partial charge in [-0.05, 0) is 11.5 Å². The number of hydrogen-bond donors (Lipinski definition) is 0. The molecule has 0 spiro atoms. The van der Waals surface area contributed by atoms with Crippen LogP contribution in [0, 0.1) is 0 Å². The van der Waals surface area contributed by atoms with Gasteiger partial charge in [0.2, 0.25) is 0 Å². The van der Waals surface area contributed by atoms with E-state index in [1.807, 2.05) is 0 Å². The van der Waals surface area contributed by atoms with E-state index in [4.69, 9.17) is 0 Å². The van der Waals surface area contributed by atoms with Gasteiger partial charge in [-0.1, -0.05) is 4.49 Å². The van der Waals surface area contributed by atoms with Crippen LogP contribution in [-0.4, -0.2) is 20.4 Å². The van der Waals surface area contributed by atoms with E-state index in [-0.39, 0.29) is 5.78 Å². The molecule has 0 aliphatic heterocycles. The molecule has 66 valence electrons. The molecule has 13 heavy (non-hydrogen) atoms. The molecule has 0 radical (unpaired) electrons. The lowest BCUT2D eigenvalue weighted by molar-refractivity contribution is 0.0988. The van der Waals surface area contributed by atoms with E-state index >= 15 is 0 Å². The maximum absolute atomic E-state index is 11.5. The van der Waals surface area contributed by atoms with Gasteiger partial charge in [-0.25, -0.2) is 4.98 Å². The van der Waals surface area contributed by atoms with Crippen molar-refractivity contribution in [2.75, 3.05) is 0 Å². The zero-order valence-corrected chi connectivity index (χ0v) is 8.14. The van der Waals surface area contributed by atoms with E-state index < -0.39 is 0 Å². The molecule has 0 amide bonds. The van der Waals surface area contributed by atoms with Gasteiger partial charge in [0.1, 0.15) is 5.69 Å². The second kappa shape index (κ2) is 3.71. The number of hydrogen-bond acceptors (Lipinski definition) is 6. The Bertz CT molecular complexity index is 382. The first kappa shape index (κ1) is 8.46. The molecule has 0 unspecified atom stereocenters. The van der Waals surface area contributed by atoms with Crippen LogP contribution >= 0.6 is 22.9 Å². The number of aromatic nitrogens is 3. The van der Waals surface area contributed by atoms with Crippen molar-refractivity contribution in [1.82, 2.24) is 14.6 Å². The first-order chi connectivity index (χ1) is 6.36. The number of Topliss-reactive ketones (excluding diaryl/α,β-unsaturated/α-hetero) is 1. The molecule has 0 N–H and O–H groups in total. The van der Waals surface area contributed by atoms with Crippen molar-refractivity contribution in [1.29, 1.82) is 0 Å². The van der Waals surface area contributed by atoms with Crippen molar-refractivity contribution in [3.63, 3.8) is 0 Å². The van der Waals surface area contributed by atoms with Gasteiger partial charge in [-0.3, -0.25) is 4.79 Å². The second-order valence-corrected chi connectivity index (χ2v) is 3.70. The summed E-state index contributed by atoms with van der Waals surface area (Å²) in [4.78, 5) is 15.4. The molecule has 2 aromatic heterocycles. The van der Waals surface area contributed by atoms with Crippen molar-refractivity contribution in [3.8, 4) is 0 Å². The summed E-state index contributed by atoms with van der Waals surface area (Å²) < 4.78 is 3.68. The van der Waals surface area contributed by atoms with E-state index in [1.165, 1.54) is 22.9 Å². The summed E-state index contributed by atoms with van der Waals surface area (Å²) in [5.74, 6) is -0.00560. The molecule has 0 aromatic carbocycles. The zero-order valence-electron chi connectivity index (χ0n) is 6.51. The number of carbonyl (C=O) groups excluding carboxylic acids is 1. The number of rotatable bonds is 3. The number of ketones is 1. The molecule has 2 aromatic rings. The summed E-state index contributed by atoms with van der Waals surface area (Å²) >= 11 is 2.66. The Morgan fingerprint density at radius 3 is 3.00 bits per heavy atom. The number of thiazole rings is 1. The smallest absolute Gasteiger partial charge is 0.188 e. The third kappa shape index (κ3) is 1.96. The van der Waals surface area contributed by atoms with Gasteiger partial charge in [-0.15, -0.1) is 16.4 Å². The molecule has 0 aliphatic rings. The standard InChI is InChI=1S/C7H5N3OS2/c11-7(6-3-12-4-8-6)1-5-2-13-10-9-5/h2-4H,1H2. The predicted octanol–water partition coefficient (Wildman–Crippen LogP) is 1.42. The monoisotopic (exact) mass is 211 g/mol. The molecule has 0 aliphatic carbocycles. The minimum absolute atomic E-state index is 0.00560. The third-order valence-electron chi connectivity index (χ3n) is 1.46. The van der Waals surface area contributed by atoms with E-state index in [9.17, 15) is 4.79 Å². The molecule has 0 fully saturated rings. The van der Waals surface area contributed by atoms with E-state index in [2.05, 4.69) is 14.6 Å². The summed E-state index contributed by atoms with van der Waals surface area (Å²) in [5.41, 5.74) is 2.87. The topological polar surface area (TPSA) is 55.7 Å². The van der Waals surface area contributed by atoms with Gasteiger partial charge in [0.25, 0.3) is 0 Å². The maximum Gasteiger partial charge on any atom is 0.188 e. The Labute approximate surface area is 82.4 Å². The van der Waals surface area contributed by atoms with Gasteiger partial charge < -0.3 is 0 Å². The van der Waals surface area contributed by atoms with Gasteiger partial charge >= 0.3 is 0 Å². The average molecular weight is 211 g/mol. The van der Waals surface area contributed by atoms with Gasteiger partial charge in [0.15, 0.2) is 5.78 Å². The highest BCUT2D eigenvalue weighted by Gasteiger charge is 2.10. The molecular weight excluding hydrogens is 206 g/mol. The Hall–Kier alpha value is -1.14. The fourth-order valence-corrected chi connectivity index (χ4v) is 1.87. The zero-order chi connectivity index (χ0) is 9.10. The van der Waals surface area contributed by atoms with Crippen LogP contribution in [0.5, 0.6) is 0 Å². The lowest BCUT2D eigenvalue weighted by Crippen LogP contribution is -2.03. The lowest BCUT2D eigenvalue weighted by Gasteiger charge is -1.90. The summed E-state index contributed by atoms with van der Waals surface area (Å²) in [6.07, 6.45) is 0.292. The van der Waals surface area contributed by atoms with E-state index in [0.29, 0.717) is 17.8 Å². The van der Waals surface area contributed by atoms with E-state index in [1.54, 1.807) is 16.3 Å². The highest BCUT2D eigenvalue weighted by atomic mass is 32.1. The van der Waals surface area contributed by atoms with Gasteiger partial charge in [0.05, 0.1) is 17.6 Å². The summed E-state index contributed by atoms with van der Waals surface area (Å²) in [7, 11) is 0. The van der Waals surface area contributed by atoms with Crippen molar-refractivity contribution in [3.05, 3.63) is 27.7 Å². The molecule has 0 saturated heterocycles. The van der Waals surface area contributed by atoms with Crippen molar-refractivity contribution >= 4 is 28.7 Å². The van der Waals surface area contributed by atoms with Crippen LogP contribution in [0.25, 0.3) is 0 Å². The van der Waals surface area contributed by atoms with Crippen LogP contribution in [-0.2, 0) is 6.42 Å². The van der Waals surface area contributed by atoms with Crippen LogP contribution in [0.2, 0.25) is 0 Å². The largest absolute Gasteiger partial charge is 0.292 e. The van der Waals surface area contributed by atoms with Gasteiger partial charge in [0, 0.05) is 10.8 Å². The Morgan fingerprint density at radius 1 is 1.46 bits per heavy atom. The summed E-state index contributed by atoms with van der Waals surface area (Å²) in [5, 5.41) is 7.30. The Balaban J connectivity index is 2.08. The molecule has 0 saturated carbocycles. The maximum atomic E-state index is 11.5. The lowest BCUT2D eigenvalue weighted by atomic mass is 10.2. The van der Waals surface area contributed by atoms with Crippen LogP contribution in [0.4, 0.5) is 0 Å². The van der Waals surface area contributed by atoms with E-state index in [0.717, 1.165) is 0 Å². The average Bonchev–Trinajstić information content (AvgIpc) is 2.74. The third-order valence-corrected chi connectivity index (χ3v) is 2.60. The number of carbonyl (C=O) groups is 1. The van der Waals surface area contributed by atoms with Crippen LogP contribution in [0.15, 0.2) is 16.3 Å². The molecule has 0 atom stereocenters. The highest BCUT2D eigenvalue weighted by Crippen LogP contribution is 2.06. The normalized spacial score (nSPS) is 10.2. The Morgan fingerprint density at radius 2 is 2.38 bits per heavy atom. The molecule has 6 heteroatoms. The molecule has 0 bridgehead atoms. The minimum Gasteiger partial charge on any atom is -0.292 e.